The van der Waals surface area contributed by atoms with E-state index < -0.39 is 0 Å². The molecule has 8 nitrogen and oxygen atoms in total. The Kier molecular flexibility index (Phi) is 2.15. The third-order valence-corrected chi connectivity index (χ3v) is 2.80. The van der Waals surface area contributed by atoms with Gasteiger partial charge < -0.3 is 21.0 Å². The highest BCUT2D eigenvalue weighted by Crippen LogP contribution is 2.23. The van der Waals surface area contributed by atoms with Gasteiger partial charge in [0.2, 0.25) is 5.95 Å². The highest BCUT2D eigenvalue weighted by Gasteiger charge is 2.17. The molecule has 0 aliphatic carbocycles. The number of nitrogen functional groups attached to an aromatic ring is 2. The van der Waals surface area contributed by atoms with E-state index in [1.54, 1.807) is 18.7 Å². The number of aromatic amines is 1. The summed E-state index contributed by atoms with van der Waals surface area (Å²) in [6, 6.07) is -0.0421. The Morgan fingerprint density at radius 3 is 2.83 bits per heavy atom. The molecule has 0 spiro atoms. The van der Waals surface area contributed by atoms with Crippen molar-refractivity contribution in [2.24, 2.45) is 0 Å². The first-order valence-corrected chi connectivity index (χ1v) is 5.41. The summed E-state index contributed by atoms with van der Waals surface area (Å²) in [5.41, 5.74) is 12.6. The molecule has 3 rings (SSSR count). The summed E-state index contributed by atoms with van der Waals surface area (Å²) >= 11 is 0. The highest BCUT2D eigenvalue weighted by atomic mass is 15.2. The summed E-state index contributed by atoms with van der Waals surface area (Å²) in [6.07, 6.45) is 5.12. The molecule has 18 heavy (non-hydrogen) atoms. The van der Waals surface area contributed by atoms with Crippen LogP contribution in [-0.4, -0.2) is 29.5 Å². The van der Waals surface area contributed by atoms with E-state index in [0.717, 1.165) is 5.82 Å². The number of anilines is 2. The monoisotopic (exact) mass is 244 g/mol. The van der Waals surface area contributed by atoms with Crippen molar-refractivity contribution in [3.8, 4) is 0 Å². The first kappa shape index (κ1) is 10.5. The lowest BCUT2D eigenvalue weighted by atomic mass is 10.3. The van der Waals surface area contributed by atoms with Crippen molar-refractivity contribution in [2.45, 2.75) is 13.0 Å². The summed E-state index contributed by atoms with van der Waals surface area (Å²) in [6.45, 7) is 1.98. The Morgan fingerprint density at radius 2 is 2.11 bits per heavy atom. The standard InChI is InChI=1S/C10H12N8/c1-5(8-13-2-3-14-8)18-4-15-9-6(18)7(11)16-10(12)17-9/h2-5H,1H3,(H,13,14)(H4,11,12,16,17). The van der Waals surface area contributed by atoms with Crippen LogP contribution in [0, 0.1) is 0 Å². The van der Waals surface area contributed by atoms with E-state index in [2.05, 4.69) is 24.9 Å². The number of rotatable bonds is 2. The van der Waals surface area contributed by atoms with Crippen molar-refractivity contribution < 1.29 is 0 Å². The van der Waals surface area contributed by atoms with Crippen LogP contribution < -0.4 is 11.5 Å². The van der Waals surface area contributed by atoms with Gasteiger partial charge in [-0.1, -0.05) is 0 Å². The van der Waals surface area contributed by atoms with Crippen molar-refractivity contribution in [1.82, 2.24) is 29.5 Å². The maximum absolute atomic E-state index is 5.87. The van der Waals surface area contributed by atoms with Crippen molar-refractivity contribution in [3.63, 3.8) is 0 Å². The lowest BCUT2D eigenvalue weighted by molar-refractivity contribution is 0.623. The number of nitrogens with one attached hydrogen (secondary N) is 1. The fraction of sp³-hybridized carbons (Fsp3) is 0.200. The molecule has 0 saturated carbocycles. The molecule has 0 aliphatic rings. The van der Waals surface area contributed by atoms with Crippen LogP contribution in [0.15, 0.2) is 18.7 Å². The number of nitrogens with zero attached hydrogens (tertiary/aromatic N) is 5. The number of hydrogen-bond donors (Lipinski definition) is 3. The molecule has 3 aromatic heterocycles. The minimum Gasteiger partial charge on any atom is -0.382 e. The number of aromatic nitrogens is 6. The van der Waals surface area contributed by atoms with Crippen LogP contribution >= 0.6 is 0 Å². The van der Waals surface area contributed by atoms with Gasteiger partial charge in [0.15, 0.2) is 11.5 Å². The molecule has 0 aromatic carbocycles. The minimum atomic E-state index is -0.0421. The average Bonchev–Trinajstić information content (AvgIpc) is 2.96. The predicted octanol–water partition coefficient (Wildman–Crippen LogP) is 0.323. The maximum Gasteiger partial charge on any atom is 0.224 e. The van der Waals surface area contributed by atoms with Crippen LogP contribution in [0.4, 0.5) is 11.8 Å². The molecule has 0 aliphatic heterocycles. The molecular formula is C10H12N8. The van der Waals surface area contributed by atoms with Gasteiger partial charge in [-0.25, -0.2) is 9.97 Å². The fourth-order valence-corrected chi connectivity index (χ4v) is 1.92. The molecule has 0 fully saturated rings. The van der Waals surface area contributed by atoms with Crippen molar-refractivity contribution >= 4 is 22.9 Å². The quantitative estimate of drug-likeness (QED) is 0.596. The van der Waals surface area contributed by atoms with Crippen molar-refractivity contribution in [2.75, 3.05) is 11.5 Å². The van der Waals surface area contributed by atoms with Gasteiger partial charge in [0.1, 0.15) is 11.3 Å². The van der Waals surface area contributed by atoms with Gasteiger partial charge in [0.05, 0.1) is 12.4 Å². The predicted molar refractivity (Wildman–Crippen MR) is 66.5 cm³/mol. The number of nitrogens with two attached hydrogens (primary N) is 2. The molecule has 3 heterocycles. The van der Waals surface area contributed by atoms with Gasteiger partial charge in [0, 0.05) is 12.4 Å². The molecule has 0 saturated heterocycles. The minimum absolute atomic E-state index is 0.0421. The maximum atomic E-state index is 5.87. The largest absolute Gasteiger partial charge is 0.382 e. The van der Waals surface area contributed by atoms with Gasteiger partial charge >= 0.3 is 0 Å². The number of H-pyrrole nitrogens is 1. The first-order valence-electron chi connectivity index (χ1n) is 5.41. The van der Waals surface area contributed by atoms with Crippen LogP contribution in [0.25, 0.3) is 11.2 Å². The SMILES string of the molecule is CC(c1ncc[nH]1)n1cnc2nc(N)nc(N)c21. The van der Waals surface area contributed by atoms with E-state index in [0.29, 0.717) is 17.0 Å². The third-order valence-electron chi connectivity index (χ3n) is 2.80. The molecule has 3 aromatic rings. The Hall–Kier alpha value is -2.64. The lowest BCUT2D eigenvalue weighted by Crippen LogP contribution is -2.09. The zero-order chi connectivity index (χ0) is 12.7. The normalized spacial score (nSPS) is 12.9. The Labute approximate surface area is 102 Å². The molecule has 0 radical (unpaired) electrons. The number of imidazole rings is 2. The van der Waals surface area contributed by atoms with Crippen molar-refractivity contribution in [3.05, 3.63) is 24.5 Å². The summed E-state index contributed by atoms with van der Waals surface area (Å²) in [5.74, 6) is 1.25. The van der Waals surface area contributed by atoms with Gasteiger partial charge in [-0.2, -0.15) is 9.97 Å². The molecule has 1 atom stereocenters. The van der Waals surface area contributed by atoms with E-state index in [4.69, 9.17) is 11.5 Å². The first-order chi connectivity index (χ1) is 8.66. The zero-order valence-corrected chi connectivity index (χ0v) is 9.70. The highest BCUT2D eigenvalue weighted by molar-refractivity contribution is 5.83. The van der Waals surface area contributed by atoms with Crippen LogP contribution in [0.2, 0.25) is 0 Å². The summed E-state index contributed by atoms with van der Waals surface area (Å²) in [4.78, 5) is 19.4. The molecule has 92 valence electrons. The third kappa shape index (κ3) is 1.46. The summed E-state index contributed by atoms with van der Waals surface area (Å²) in [7, 11) is 0. The number of hydrogen-bond acceptors (Lipinski definition) is 6. The van der Waals surface area contributed by atoms with Gasteiger partial charge in [0.25, 0.3) is 0 Å². The van der Waals surface area contributed by atoms with Gasteiger partial charge in [-0.15, -0.1) is 0 Å². The van der Waals surface area contributed by atoms with Gasteiger partial charge in [-0.05, 0) is 6.92 Å². The second-order valence-electron chi connectivity index (χ2n) is 3.94. The van der Waals surface area contributed by atoms with E-state index >= 15 is 0 Å². The topological polar surface area (TPSA) is 124 Å². The molecule has 5 N–H and O–H groups in total. The Morgan fingerprint density at radius 1 is 1.28 bits per heavy atom. The smallest absolute Gasteiger partial charge is 0.224 e. The molecule has 0 bridgehead atoms. The molecule has 1 unspecified atom stereocenters. The molecule has 8 heteroatoms. The zero-order valence-electron chi connectivity index (χ0n) is 9.70. The second-order valence-corrected chi connectivity index (χ2v) is 3.94. The van der Waals surface area contributed by atoms with Gasteiger partial charge in [-0.3, -0.25) is 0 Å². The molecular weight excluding hydrogens is 232 g/mol. The number of fused-ring (bicyclic) bond motifs is 1. The second kappa shape index (κ2) is 3.69. The Bertz CT molecular complexity index is 683. The van der Waals surface area contributed by atoms with E-state index in [-0.39, 0.29) is 12.0 Å². The van der Waals surface area contributed by atoms with Crippen LogP contribution in [0.5, 0.6) is 0 Å². The molecule has 0 amide bonds. The van der Waals surface area contributed by atoms with Crippen LogP contribution in [-0.2, 0) is 0 Å². The van der Waals surface area contributed by atoms with E-state index in [1.807, 2.05) is 11.5 Å². The lowest BCUT2D eigenvalue weighted by Gasteiger charge is -2.12. The Balaban J connectivity index is 2.19. The van der Waals surface area contributed by atoms with Crippen LogP contribution in [0.1, 0.15) is 18.8 Å². The fourth-order valence-electron chi connectivity index (χ4n) is 1.92. The van der Waals surface area contributed by atoms with E-state index in [1.165, 1.54) is 0 Å². The summed E-state index contributed by atoms with van der Waals surface area (Å²) < 4.78 is 1.86. The average molecular weight is 244 g/mol. The van der Waals surface area contributed by atoms with Crippen LogP contribution in [0.3, 0.4) is 0 Å². The van der Waals surface area contributed by atoms with Crippen molar-refractivity contribution in [1.29, 1.82) is 0 Å². The van der Waals surface area contributed by atoms with E-state index in [9.17, 15) is 0 Å². The summed E-state index contributed by atoms with van der Waals surface area (Å²) in [5, 5.41) is 0.